The summed E-state index contributed by atoms with van der Waals surface area (Å²) in [6, 6.07) is 4.20. The van der Waals surface area contributed by atoms with Crippen LogP contribution >= 0.6 is 0 Å². The van der Waals surface area contributed by atoms with E-state index in [4.69, 9.17) is 8.13 Å². The quantitative estimate of drug-likeness (QED) is 0.707. The Kier molecular flexibility index (Phi) is 5.92. The van der Waals surface area contributed by atoms with Crippen molar-refractivity contribution in [2.75, 3.05) is 25.0 Å². The van der Waals surface area contributed by atoms with Crippen molar-refractivity contribution in [2.45, 2.75) is 32.1 Å². The predicted molar refractivity (Wildman–Crippen MR) is 75.5 cm³/mol. The molecule has 0 fully saturated rings. The molecule has 0 bridgehead atoms. The predicted octanol–water partition coefficient (Wildman–Crippen LogP) is 1.93. The first-order valence-electron chi connectivity index (χ1n) is 7.15. The molecule has 1 amide bonds. The maximum absolute atomic E-state index is 10.9. The zero-order valence-corrected chi connectivity index (χ0v) is 14.3. The third-order valence-electron chi connectivity index (χ3n) is 3.96. The number of anilines is 1. The van der Waals surface area contributed by atoms with Crippen LogP contribution in [0.4, 0.5) is 5.69 Å². The Morgan fingerprint density at radius 3 is 3.05 bits per heavy atom. The van der Waals surface area contributed by atoms with E-state index >= 15 is 0 Å². The van der Waals surface area contributed by atoms with Crippen molar-refractivity contribution in [1.29, 1.82) is 0 Å². The molecule has 0 spiro atoms. The molecular formula is C15H20N2O3Pt. The van der Waals surface area contributed by atoms with E-state index in [1.165, 1.54) is 16.8 Å². The topological polar surface area (TPSA) is 67.4 Å². The average molecular weight is 471 g/mol. The number of ether oxygens (including phenoxy) is 1. The SMILES string of the molecule is CC(=O)NCCC1CNc2ccc3c(c21)CCCO3.[O]=[Pt]. The second kappa shape index (κ2) is 7.69. The van der Waals surface area contributed by atoms with E-state index in [-0.39, 0.29) is 5.91 Å². The summed E-state index contributed by atoms with van der Waals surface area (Å²) in [5, 5.41) is 6.36. The molecule has 21 heavy (non-hydrogen) atoms. The van der Waals surface area contributed by atoms with Crippen LogP contribution in [0.15, 0.2) is 12.1 Å². The first-order chi connectivity index (χ1) is 10.3. The van der Waals surface area contributed by atoms with Gasteiger partial charge in [-0.3, -0.25) is 4.79 Å². The number of benzene rings is 1. The van der Waals surface area contributed by atoms with E-state index in [9.17, 15) is 4.79 Å². The molecule has 0 aromatic heterocycles. The molecule has 2 heterocycles. The van der Waals surface area contributed by atoms with Gasteiger partial charge in [-0.25, -0.2) is 0 Å². The molecule has 118 valence electrons. The van der Waals surface area contributed by atoms with E-state index in [0.717, 1.165) is 64.5 Å². The first-order valence-corrected chi connectivity index (χ1v) is 8.08. The number of carbonyl (C=O) groups excluding carboxylic acids is 1. The van der Waals surface area contributed by atoms with Crippen LogP contribution in [0.5, 0.6) is 5.75 Å². The summed E-state index contributed by atoms with van der Waals surface area (Å²) in [5.41, 5.74) is 4.04. The molecule has 1 aromatic rings. The number of rotatable bonds is 3. The molecule has 2 aliphatic rings. The van der Waals surface area contributed by atoms with Gasteiger partial charge in [-0.2, -0.15) is 0 Å². The standard InChI is InChI=1S/C15H20N2O2.O.Pt/c1-10(18)16-7-6-11-9-17-13-4-5-14-12(15(11)13)3-2-8-19-14;;/h4-5,11,17H,2-3,6-9H2,1H3,(H,16,18);;. The van der Waals surface area contributed by atoms with Gasteiger partial charge in [-0.05, 0) is 42.5 Å². The van der Waals surface area contributed by atoms with Gasteiger partial charge in [0.15, 0.2) is 0 Å². The molecule has 1 atom stereocenters. The number of carbonyl (C=O) groups is 1. The summed E-state index contributed by atoms with van der Waals surface area (Å²) >= 11 is 0.889. The van der Waals surface area contributed by atoms with Crippen LogP contribution in [0.1, 0.15) is 36.8 Å². The van der Waals surface area contributed by atoms with Crippen LogP contribution in [0.2, 0.25) is 0 Å². The second-order valence-electron chi connectivity index (χ2n) is 5.30. The Hall–Kier alpha value is -1.22. The number of nitrogens with one attached hydrogen (secondary N) is 2. The van der Waals surface area contributed by atoms with Crippen LogP contribution in [-0.4, -0.2) is 25.6 Å². The van der Waals surface area contributed by atoms with E-state index in [2.05, 4.69) is 22.8 Å². The van der Waals surface area contributed by atoms with E-state index in [1.807, 2.05) is 0 Å². The van der Waals surface area contributed by atoms with Crippen LogP contribution < -0.4 is 15.4 Å². The Morgan fingerprint density at radius 1 is 1.48 bits per heavy atom. The number of hydrogen-bond donors (Lipinski definition) is 2. The van der Waals surface area contributed by atoms with Crippen LogP contribution in [0.25, 0.3) is 0 Å². The molecule has 2 aliphatic heterocycles. The van der Waals surface area contributed by atoms with Gasteiger partial charge in [0.1, 0.15) is 5.75 Å². The van der Waals surface area contributed by atoms with Crippen molar-refractivity contribution in [3.63, 3.8) is 0 Å². The van der Waals surface area contributed by atoms with E-state index in [1.54, 1.807) is 6.92 Å². The normalized spacial score (nSPS) is 18.3. The fraction of sp³-hybridized carbons (Fsp3) is 0.533. The molecule has 6 heteroatoms. The Morgan fingerprint density at radius 2 is 2.29 bits per heavy atom. The van der Waals surface area contributed by atoms with Gasteiger partial charge < -0.3 is 15.4 Å². The summed E-state index contributed by atoms with van der Waals surface area (Å²) in [5.74, 6) is 1.58. The van der Waals surface area contributed by atoms with Crippen LogP contribution in [-0.2, 0) is 34.4 Å². The maximum atomic E-state index is 10.9. The second-order valence-corrected chi connectivity index (χ2v) is 5.30. The molecule has 1 aromatic carbocycles. The van der Waals surface area contributed by atoms with Crippen molar-refractivity contribution < 1.29 is 32.7 Å². The molecule has 2 N–H and O–H groups in total. The summed E-state index contributed by atoms with van der Waals surface area (Å²) < 4.78 is 14.0. The summed E-state index contributed by atoms with van der Waals surface area (Å²) in [4.78, 5) is 10.9. The fourth-order valence-corrected chi connectivity index (χ4v) is 3.09. The van der Waals surface area contributed by atoms with Gasteiger partial charge >= 0.3 is 23.2 Å². The Labute approximate surface area is 136 Å². The molecule has 1 unspecified atom stereocenters. The van der Waals surface area contributed by atoms with Crippen molar-refractivity contribution >= 4 is 11.6 Å². The van der Waals surface area contributed by atoms with Crippen LogP contribution in [0, 0.1) is 0 Å². The number of hydrogen-bond acceptors (Lipinski definition) is 4. The van der Waals surface area contributed by atoms with Crippen molar-refractivity contribution in [3.05, 3.63) is 23.3 Å². The number of fused-ring (bicyclic) bond motifs is 3. The van der Waals surface area contributed by atoms with Crippen molar-refractivity contribution in [3.8, 4) is 5.75 Å². The number of amides is 1. The van der Waals surface area contributed by atoms with Gasteiger partial charge in [0.2, 0.25) is 5.91 Å². The Bertz CT molecular complexity index is 522. The minimum absolute atomic E-state index is 0.0459. The summed E-state index contributed by atoms with van der Waals surface area (Å²) in [7, 11) is 0. The van der Waals surface area contributed by atoms with Gasteiger partial charge in [0, 0.05) is 31.6 Å². The molecule has 5 nitrogen and oxygen atoms in total. The minimum atomic E-state index is 0.0459. The molecule has 0 radical (unpaired) electrons. The monoisotopic (exact) mass is 471 g/mol. The molecule has 0 aliphatic carbocycles. The molecule has 0 saturated heterocycles. The third kappa shape index (κ3) is 3.70. The molecule has 0 saturated carbocycles. The average Bonchev–Trinajstić information content (AvgIpc) is 2.93. The van der Waals surface area contributed by atoms with Crippen LogP contribution in [0.3, 0.4) is 0 Å². The van der Waals surface area contributed by atoms with Gasteiger partial charge in [-0.15, -0.1) is 0 Å². The summed E-state index contributed by atoms with van der Waals surface area (Å²) in [6.45, 7) is 4.10. The van der Waals surface area contributed by atoms with Crippen molar-refractivity contribution in [2.24, 2.45) is 0 Å². The Balaban J connectivity index is 0.000000774. The summed E-state index contributed by atoms with van der Waals surface area (Å²) in [6.07, 6.45) is 3.19. The van der Waals surface area contributed by atoms with Gasteiger partial charge in [-0.1, -0.05) is 0 Å². The van der Waals surface area contributed by atoms with Crippen molar-refractivity contribution in [1.82, 2.24) is 5.32 Å². The first kappa shape index (κ1) is 16.2. The molecule has 3 rings (SSSR count). The van der Waals surface area contributed by atoms with E-state index < -0.39 is 0 Å². The van der Waals surface area contributed by atoms with Gasteiger partial charge in [0.25, 0.3) is 0 Å². The third-order valence-corrected chi connectivity index (χ3v) is 3.96. The zero-order valence-electron chi connectivity index (χ0n) is 12.0. The van der Waals surface area contributed by atoms with E-state index in [0.29, 0.717) is 5.92 Å². The molecular weight excluding hydrogens is 451 g/mol. The zero-order chi connectivity index (χ0) is 15.2. The van der Waals surface area contributed by atoms with Gasteiger partial charge in [0.05, 0.1) is 6.61 Å². The fourth-order valence-electron chi connectivity index (χ4n) is 3.09.